The summed E-state index contributed by atoms with van der Waals surface area (Å²) in [4.78, 5) is 59.5. The number of aliphatic hydroxyl groups excluding tert-OH is 1. The van der Waals surface area contributed by atoms with Gasteiger partial charge < -0.3 is 34.0 Å². The number of benzene rings is 1. The Balaban J connectivity index is 1.68. The third-order valence-corrected chi connectivity index (χ3v) is 5.23. The number of carbonyl (C=O) groups is 5. The Hall–Kier alpha value is -3.33. The largest absolute Gasteiger partial charge is 0.479 e. The number of nitrogens with zero attached hydrogens (tertiary/aromatic N) is 1. The maximum absolute atomic E-state index is 12.4. The van der Waals surface area contributed by atoms with Crippen molar-refractivity contribution in [1.82, 2.24) is 5.32 Å². The number of aliphatic carboxylic acids is 1. The number of aliphatic hydroxyl groups is 1. The highest BCUT2D eigenvalue weighted by atomic mass is 16.7. The van der Waals surface area contributed by atoms with Gasteiger partial charge in [0.2, 0.25) is 18.1 Å². The number of nitrogens with one attached hydrogen (secondary N) is 1. The molecule has 2 radical (unpaired) electrons. The van der Waals surface area contributed by atoms with Crippen LogP contribution < -0.4 is 15.0 Å². The minimum Gasteiger partial charge on any atom is -0.479 e. The van der Waals surface area contributed by atoms with Crippen LogP contribution in [0.5, 0.6) is 5.75 Å². The van der Waals surface area contributed by atoms with Gasteiger partial charge in [0.25, 0.3) is 0 Å². The lowest BCUT2D eigenvalue weighted by molar-refractivity contribution is -0.195. The van der Waals surface area contributed by atoms with Crippen LogP contribution in [0.3, 0.4) is 0 Å². The Labute approximate surface area is 207 Å². The van der Waals surface area contributed by atoms with Crippen molar-refractivity contribution in [2.45, 2.75) is 50.8 Å². The first kappa shape index (κ1) is 27.3. The van der Waals surface area contributed by atoms with Crippen LogP contribution in [0.1, 0.15) is 31.2 Å². The van der Waals surface area contributed by atoms with E-state index in [0.717, 1.165) is 4.90 Å². The van der Waals surface area contributed by atoms with Crippen LogP contribution in [0.25, 0.3) is 0 Å². The molecule has 0 saturated carbocycles. The summed E-state index contributed by atoms with van der Waals surface area (Å²) in [6.45, 7) is -0.781. The van der Waals surface area contributed by atoms with E-state index in [-0.39, 0.29) is 63.6 Å². The summed E-state index contributed by atoms with van der Waals surface area (Å²) in [6.07, 6.45) is -3.46. The number of amides is 2. The monoisotopic (exact) mass is 504 g/mol. The zero-order valence-electron chi connectivity index (χ0n) is 19.2. The SMILES string of the molecule is [B]C(=O)COCNCC(=O)OCc1ccc(O[C@H]2C[C@@H](O)C[C@@H](C(=O)O)O2)c(N2C(=O)CCC2=O)c1. The molecule has 0 bridgehead atoms. The Morgan fingerprint density at radius 3 is 2.56 bits per heavy atom. The van der Waals surface area contributed by atoms with Crippen molar-refractivity contribution in [1.29, 1.82) is 0 Å². The highest BCUT2D eigenvalue weighted by Gasteiger charge is 2.36. The molecule has 2 amide bonds. The van der Waals surface area contributed by atoms with Gasteiger partial charge in [-0.25, -0.2) is 9.69 Å². The number of ether oxygens (including phenoxy) is 4. The molecule has 0 unspecified atom stereocenters. The fourth-order valence-corrected chi connectivity index (χ4v) is 3.60. The molecule has 14 heteroatoms. The Bertz CT molecular complexity index is 1000. The number of carboxylic acid groups (broad SMARTS) is 1. The number of rotatable bonds is 12. The third-order valence-electron chi connectivity index (χ3n) is 5.23. The normalized spacial score (nSPS) is 21.9. The maximum Gasteiger partial charge on any atom is 0.333 e. The number of imide groups is 1. The zero-order chi connectivity index (χ0) is 26.2. The van der Waals surface area contributed by atoms with Gasteiger partial charge in [-0.3, -0.25) is 19.7 Å². The van der Waals surface area contributed by atoms with Crippen molar-refractivity contribution in [2.75, 3.05) is 24.8 Å². The van der Waals surface area contributed by atoms with Crippen LogP contribution in [-0.4, -0.2) is 85.9 Å². The van der Waals surface area contributed by atoms with Gasteiger partial charge in [0.1, 0.15) is 18.0 Å². The quantitative estimate of drug-likeness (QED) is 0.104. The van der Waals surface area contributed by atoms with Gasteiger partial charge in [-0.05, 0) is 17.7 Å². The molecule has 2 saturated heterocycles. The molecule has 36 heavy (non-hydrogen) atoms. The minimum absolute atomic E-state index is 0.0133. The van der Waals surface area contributed by atoms with Gasteiger partial charge in [-0.1, -0.05) is 6.07 Å². The first-order valence-corrected chi connectivity index (χ1v) is 11.1. The zero-order valence-corrected chi connectivity index (χ0v) is 19.2. The van der Waals surface area contributed by atoms with Crippen molar-refractivity contribution >= 4 is 43.0 Å². The number of hydrogen-bond donors (Lipinski definition) is 3. The lowest BCUT2D eigenvalue weighted by Crippen LogP contribution is -2.42. The summed E-state index contributed by atoms with van der Waals surface area (Å²) in [5, 5.41) is 21.8. The van der Waals surface area contributed by atoms with Crippen molar-refractivity contribution < 1.29 is 53.1 Å². The van der Waals surface area contributed by atoms with Crippen LogP contribution in [0.2, 0.25) is 0 Å². The summed E-state index contributed by atoms with van der Waals surface area (Å²) in [7, 11) is 4.93. The van der Waals surface area contributed by atoms with Crippen molar-refractivity contribution in [2.24, 2.45) is 0 Å². The van der Waals surface area contributed by atoms with E-state index in [1.54, 1.807) is 0 Å². The molecule has 1 aromatic rings. The van der Waals surface area contributed by atoms with Crippen molar-refractivity contribution in [3.8, 4) is 5.75 Å². The maximum atomic E-state index is 12.4. The molecular formula is C22H25BN2O11. The average Bonchev–Trinajstić information content (AvgIpc) is 3.15. The van der Waals surface area contributed by atoms with E-state index in [2.05, 4.69) is 5.32 Å². The van der Waals surface area contributed by atoms with Gasteiger partial charge in [0.05, 0.1) is 31.7 Å². The standard InChI is InChI=1S/C22H25BN2O11/c23-17(27)10-33-11-24-8-20(30)34-9-12-1-2-15(14(5-12)25-18(28)3-4-19(25)29)35-21-7-13(26)6-16(36-21)22(31)32/h1-2,5,13,16,21,24,26H,3-4,6-11H2,(H,31,32)/t13-,16-,21+/m0/s1. The molecule has 2 heterocycles. The number of hydrogen-bond acceptors (Lipinski definition) is 11. The Morgan fingerprint density at radius 2 is 1.89 bits per heavy atom. The van der Waals surface area contributed by atoms with E-state index in [4.69, 9.17) is 26.8 Å². The number of carbonyl (C=O) groups excluding carboxylic acids is 4. The molecule has 3 N–H and O–H groups in total. The van der Waals surface area contributed by atoms with Crippen LogP contribution in [-0.2, 0) is 44.8 Å². The first-order chi connectivity index (χ1) is 17.1. The summed E-state index contributed by atoms with van der Waals surface area (Å²) in [5.41, 5.74) is -0.119. The average molecular weight is 504 g/mol. The van der Waals surface area contributed by atoms with Crippen LogP contribution >= 0.6 is 0 Å². The van der Waals surface area contributed by atoms with Gasteiger partial charge in [0, 0.05) is 25.7 Å². The predicted molar refractivity (Wildman–Crippen MR) is 120 cm³/mol. The number of anilines is 1. The van der Waals surface area contributed by atoms with E-state index >= 15 is 0 Å². The Kier molecular flexibility index (Phi) is 9.53. The van der Waals surface area contributed by atoms with Crippen molar-refractivity contribution in [3.63, 3.8) is 0 Å². The molecule has 192 valence electrons. The fraction of sp³-hybridized carbons (Fsp3) is 0.500. The summed E-state index contributed by atoms with van der Waals surface area (Å²) in [6, 6.07) is 4.42. The topological polar surface area (TPSA) is 178 Å². The third kappa shape index (κ3) is 7.59. The molecule has 1 aromatic carbocycles. The van der Waals surface area contributed by atoms with E-state index in [1.807, 2.05) is 0 Å². The predicted octanol–water partition coefficient (Wildman–Crippen LogP) is -1.03. The number of esters is 1. The number of carboxylic acids is 1. The highest BCUT2D eigenvalue weighted by Crippen LogP contribution is 2.35. The molecule has 0 spiro atoms. The van der Waals surface area contributed by atoms with E-state index in [1.165, 1.54) is 18.2 Å². The lowest BCUT2D eigenvalue weighted by Gasteiger charge is -2.32. The molecule has 3 atom stereocenters. The second kappa shape index (κ2) is 12.6. The summed E-state index contributed by atoms with van der Waals surface area (Å²) in [5.74, 6) is -2.72. The van der Waals surface area contributed by atoms with Crippen molar-refractivity contribution in [3.05, 3.63) is 23.8 Å². The minimum atomic E-state index is -1.27. The molecule has 3 rings (SSSR count). The second-order valence-electron chi connectivity index (χ2n) is 8.11. The molecular weight excluding hydrogens is 479 g/mol. The fourth-order valence-electron chi connectivity index (χ4n) is 3.60. The van der Waals surface area contributed by atoms with Gasteiger partial charge >= 0.3 is 11.9 Å². The molecule has 2 fully saturated rings. The van der Waals surface area contributed by atoms with E-state index in [0.29, 0.717) is 5.56 Å². The van der Waals surface area contributed by atoms with Crippen LogP contribution in [0, 0.1) is 0 Å². The van der Waals surface area contributed by atoms with E-state index < -0.39 is 47.9 Å². The van der Waals surface area contributed by atoms with Gasteiger partial charge in [-0.2, -0.15) is 0 Å². The Morgan fingerprint density at radius 1 is 1.17 bits per heavy atom. The van der Waals surface area contributed by atoms with Crippen LogP contribution in [0.4, 0.5) is 5.69 Å². The lowest BCUT2D eigenvalue weighted by atomic mass is 10.1. The van der Waals surface area contributed by atoms with Crippen LogP contribution in [0.15, 0.2) is 18.2 Å². The summed E-state index contributed by atoms with van der Waals surface area (Å²) < 4.78 is 21.2. The highest BCUT2D eigenvalue weighted by molar-refractivity contribution is 6.58. The second-order valence-corrected chi connectivity index (χ2v) is 8.11. The van der Waals surface area contributed by atoms with E-state index in [9.17, 15) is 34.2 Å². The molecule has 0 aromatic heterocycles. The smallest absolute Gasteiger partial charge is 0.333 e. The molecule has 2 aliphatic rings. The van der Waals surface area contributed by atoms with Gasteiger partial charge in [0.15, 0.2) is 14.0 Å². The molecule has 13 nitrogen and oxygen atoms in total. The summed E-state index contributed by atoms with van der Waals surface area (Å²) >= 11 is 0. The molecule has 0 aliphatic carbocycles. The molecule has 2 aliphatic heterocycles. The van der Waals surface area contributed by atoms with Gasteiger partial charge in [-0.15, -0.1) is 0 Å². The first-order valence-electron chi connectivity index (χ1n) is 11.1.